The SMILES string of the molecule is CC(C)(C)OC(=O)CNc1cc2c(cc1F)C(=O)N(C1CCC(=O)NC1=O)C2=O. The number of fused-ring (bicyclic) bond motifs is 1. The van der Waals surface area contributed by atoms with Crippen LogP contribution in [0.4, 0.5) is 10.1 Å². The Bertz CT molecular complexity index is 937. The van der Waals surface area contributed by atoms with E-state index in [0.29, 0.717) is 0 Å². The lowest BCUT2D eigenvalue weighted by Crippen LogP contribution is -2.54. The number of esters is 1. The van der Waals surface area contributed by atoms with Crippen molar-refractivity contribution >= 4 is 35.3 Å². The average molecular weight is 405 g/mol. The zero-order valence-electron chi connectivity index (χ0n) is 16.1. The van der Waals surface area contributed by atoms with Crippen molar-refractivity contribution in [1.82, 2.24) is 10.2 Å². The second-order valence-corrected chi connectivity index (χ2v) is 7.76. The smallest absolute Gasteiger partial charge is 0.325 e. The predicted octanol–water partition coefficient (Wildman–Crippen LogP) is 0.980. The maximum atomic E-state index is 14.4. The van der Waals surface area contributed by atoms with Crippen molar-refractivity contribution in [3.05, 3.63) is 29.1 Å². The fourth-order valence-corrected chi connectivity index (χ4v) is 3.17. The van der Waals surface area contributed by atoms with E-state index in [1.54, 1.807) is 20.8 Å². The van der Waals surface area contributed by atoms with Gasteiger partial charge in [-0.15, -0.1) is 0 Å². The number of rotatable bonds is 4. The van der Waals surface area contributed by atoms with Crippen molar-refractivity contribution in [3.63, 3.8) is 0 Å². The molecule has 1 saturated heterocycles. The van der Waals surface area contributed by atoms with Gasteiger partial charge in [-0.2, -0.15) is 0 Å². The van der Waals surface area contributed by atoms with Gasteiger partial charge in [-0.1, -0.05) is 0 Å². The van der Waals surface area contributed by atoms with Gasteiger partial charge in [0.05, 0.1) is 16.8 Å². The minimum absolute atomic E-state index is 0.00235. The standard InChI is InChI=1S/C19H20FN3O6/c1-19(2,3)29-15(25)8-21-12-7-10-9(6-11(12)20)17(27)23(18(10)28)13-4-5-14(24)22-16(13)26/h6-7,13,21H,4-5,8H2,1-3H3,(H,22,24,26). The largest absolute Gasteiger partial charge is 0.459 e. The van der Waals surface area contributed by atoms with Crippen LogP contribution < -0.4 is 10.6 Å². The molecule has 1 fully saturated rings. The number of piperidine rings is 1. The highest BCUT2D eigenvalue weighted by atomic mass is 19.1. The molecule has 1 unspecified atom stereocenters. The fourth-order valence-electron chi connectivity index (χ4n) is 3.17. The molecule has 154 valence electrons. The summed E-state index contributed by atoms with van der Waals surface area (Å²) in [5.41, 5.74) is -1.13. The molecule has 0 spiro atoms. The van der Waals surface area contributed by atoms with Crippen molar-refractivity contribution in [2.45, 2.75) is 45.3 Å². The Labute approximate surface area is 165 Å². The number of amides is 4. The molecule has 1 atom stereocenters. The van der Waals surface area contributed by atoms with Crippen LogP contribution in [0.3, 0.4) is 0 Å². The Balaban J connectivity index is 1.80. The summed E-state index contributed by atoms with van der Waals surface area (Å²) in [5.74, 6) is -4.26. The Hall–Kier alpha value is -3.30. The van der Waals surface area contributed by atoms with E-state index in [0.717, 1.165) is 17.0 Å². The molecule has 29 heavy (non-hydrogen) atoms. The first-order chi connectivity index (χ1) is 13.5. The number of anilines is 1. The molecular formula is C19H20FN3O6. The molecule has 9 nitrogen and oxygen atoms in total. The van der Waals surface area contributed by atoms with E-state index in [2.05, 4.69) is 10.6 Å². The summed E-state index contributed by atoms with van der Waals surface area (Å²) in [6, 6.07) is 0.876. The second kappa shape index (κ2) is 7.26. The maximum Gasteiger partial charge on any atom is 0.325 e. The van der Waals surface area contributed by atoms with Crippen LogP contribution in [0.15, 0.2) is 12.1 Å². The van der Waals surface area contributed by atoms with Gasteiger partial charge in [-0.25, -0.2) is 4.39 Å². The molecule has 4 amide bonds. The van der Waals surface area contributed by atoms with Crippen molar-refractivity contribution in [3.8, 4) is 0 Å². The Morgan fingerprint density at radius 3 is 2.41 bits per heavy atom. The zero-order valence-corrected chi connectivity index (χ0v) is 16.1. The number of imide groups is 2. The first-order valence-electron chi connectivity index (χ1n) is 8.99. The lowest BCUT2D eigenvalue weighted by atomic mass is 10.0. The van der Waals surface area contributed by atoms with E-state index >= 15 is 0 Å². The third kappa shape index (κ3) is 4.10. The third-order valence-corrected chi connectivity index (χ3v) is 4.37. The van der Waals surface area contributed by atoms with E-state index < -0.39 is 47.1 Å². The summed E-state index contributed by atoms with van der Waals surface area (Å²) in [6.07, 6.45) is -0.0107. The van der Waals surface area contributed by atoms with Crippen LogP contribution in [0.2, 0.25) is 0 Å². The molecule has 0 bridgehead atoms. The molecule has 0 aromatic heterocycles. The minimum atomic E-state index is -1.14. The Morgan fingerprint density at radius 1 is 1.21 bits per heavy atom. The van der Waals surface area contributed by atoms with Gasteiger partial charge in [0.25, 0.3) is 11.8 Å². The molecule has 0 aliphatic carbocycles. The highest BCUT2D eigenvalue weighted by Gasteiger charge is 2.45. The van der Waals surface area contributed by atoms with Gasteiger partial charge in [0.1, 0.15) is 24.0 Å². The molecule has 2 N–H and O–H groups in total. The fraction of sp³-hybridized carbons (Fsp3) is 0.421. The molecule has 10 heteroatoms. The van der Waals surface area contributed by atoms with E-state index in [9.17, 15) is 28.4 Å². The topological polar surface area (TPSA) is 122 Å². The van der Waals surface area contributed by atoms with Crippen LogP contribution in [0.1, 0.15) is 54.3 Å². The van der Waals surface area contributed by atoms with Crippen LogP contribution in [0.25, 0.3) is 0 Å². The predicted molar refractivity (Wildman–Crippen MR) is 97.4 cm³/mol. The summed E-state index contributed by atoms with van der Waals surface area (Å²) in [5, 5.41) is 4.64. The van der Waals surface area contributed by atoms with Gasteiger partial charge in [0, 0.05) is 6.42 Å². The Morgan fingerprint density at radius 2 is 1.83 bits per heavy atom. The normalized spacial score (nSPS) is 19.2. The number of carbonyl (C=O) groups is 5. The minimum Gasteiger partial charge on any atom is -0.459 e. The molecular weight excluding hydrogens is 385 g/mol. The number of hydrogen-bond acceptors (Lipinski definition) is 7. The average Bonchev–Trinajstić information content (AvgIpc) is 2.82. The first-order valence-corrected chi connectivity index (χ1v) is 8.99. The number of benzene rings is 1. The molecule has 1 aromatic carbocycles. The van der Waals surface area contributed by atoms with Gasteiger partial charge >= 0.3 is 5.97 Å². The van der Waals surface area contributed by atoms with Gasteiger partial charge in [-0.05, 0) is 39.3 Å². The van der Waals surface area contributed by atoms with Crippen molar-refractivity contribution < 1.29 is 33.1 Å². The summed E-state index contributed by atoms with van der Waals surface area (Å²) in [4.78, 5) is 61.2. The lowest BCUT2D eigenvalue weighted by Gasteiger charge is -2.27. The monoisotopic (exact) mass is 405 g/mol. The van der Waals surface area contributed by atoms with E-state index in [1.807, 2.05) is 0 Å². The number of nitrogens with zero attached hydrogens (tertiary/aromatic N) is 1. The van der Waals surface area contributed by atoms with Crippen molar-refractivity contribution in [2.24, 2.45) is 0 Å². The molecule has 0 saturated carbocycles. The van der Waals surface area contributed by atoms with Crippen LogP contribution in [0.5, 0.6) is 0 Å². The number of ether oxygens (including phenoxy) is 1. The summed E-state index contributed by atoms with van der Waals surface area (Å²) in [7, 11) is 0. The number of hydrogen-bond donors (Lipinski definition) is 2. The van der Waals surface area contributed by atoms with Gasteiger partial charge < -0.3 is 10.1 Å². The molecule has 2 aliphatic rings. The molecule has 2 aliphatic heterocycles. The van der Waals surface area contributed by atoms with Crippen LogP contribution in [0, 0.1) is 5.82 Å². The van der Waals surface area contributed by atoms with E-state index in [4.69, 9.17) is 4.74 Å². The quantitative estimate of drug-likeness (QED) is 0.566. The van der Waals surface area contributed by atoms with Crippen molar-refractivity contribution in [2.75, 3.05) is 11.9 Å². The molecule has 1 aromatic rings. The summed E-state index contributed by atoms with van der Waals surface area (Å²) < 4.78 is 19.5. The van der Waals surface area contributed by atoms with Gasteiger partial charge in [-0.3, -0.25) is 34.2 Å². The second-order valence-electron chi connectivity index (χ2n) is 7.76. The lowest BCUT2D eigenvalue weighted by molar-refractivity contribution is -0.152. The molecule has 2 heterocycles. The van der Waals surface area contributed by atoms with Crippen LogP contribution in [-0.2, 0) is 19.1 Å². The summed E-state index contributed by atoms with van der Waals surface area (Å²) in [6.45, 7) is 4.73. The summed E-state index contributed by atoms with van der Waals surface area (Å²) >= 11 is 0. The van der Waals surface area contributed by atoms with E-state index in [1.165, 1.54) is 0 Å². The van der Waals surface area contributed by atoms with Gasteiger partial charge in [0.2, 0.25) is 11.8 Å². The maximum absolute atomic E-state index is 14.4. The third-order valence-electron chi connectivity index (χ3n) is 4.37. The highest BCUT2D eigenvalue weighted by molar-refractivity contribution is 6.23. The first kappa shape index (κ1) is 20.4. The van der Waals surface area contributed by atoms with E-state index in [-0.39, 0.29) is 36.2 Å². The highest BCUT2D eigenvalue weighted by Crippen LogP contribution is 2.31. The van der Waals surface area contributed by atoms with Crippen LogP contribution in [-0.4, -0.2) is 52.7 Å². The van der Waals surface area contributed by atoms with Gasteiger partial charge in [0.15, 0.2) is 0 Å². The Kier molecular flexibility index (Phi) is 5.12. The molecule has 0 radical (unpaired) electrons. The molecule has 3 rings (SSSR count). The number of carbonyl (C=O) groups excluding carboxylic acids is 5. The van der Waals surface area contributed by atoms with Crippen LogP contribution >= 0.6 is 0 Å². The number of nitrogens with one attached hydrogen (secondary N) is 2. The van der Waals surface area contributed by atoms with Crippen molar-refractivity contribution in [1.29, 1.82) is 0 Å². The zero-order chi connectivity index (χ0) is 21.5. The number of halogens is 1.